The lowest BCUT2D eigenvalue weighted by Crippen LogP contribution is -2.50. The first-order chi connectivity index (χ1) is 14.1. The van der Waals surface area contributed by atoms with Crippen molar-refractivity contribution < 1.29 is 4.79 Å². The van der Waals surface area contributed by atoms with E-state index in [0.717, 1.165) is 34.9 Å². The Labute approximate surface area is 177 Å². The van der Waals surface area contributed by atoms with Crippen LogP contribution in [-0.4, -0.2) is 37.0 Å². The number of carbonyl (C=O) groups excluding carboxylic acids is 1. The second-order valence-electron chi connectivity index (χ2n) is 7.50. The molecule has 3 nitrogen and oxygen atoms in total. The lowest BCUT2D eigenvalue weighted by atomic mass is 9.90. The number of carbonyl (C=O) groups is 1. The van der Waals surface area contributed by atoms with Crippen molar-refractivity contribution in [3.05, 3.63) is 101 Å². The maximum Gasteiger partial charge on any atom is 0.234 e. The molecule has 1 fully saturated rings. The van der Waals surface area contributed by atoms with Crippen LogP contribution < -0.4 is 4.90 Å². The number of aryl methyl sites for hydroxylation is 1. The summed E-state index contributed by atoms with van der Waals surface area (Å²) in [4.78, 5) is 17.9. The summed E-state index contributed by atoms with van der Waals surface area (Å²) in [7, 11) is 0. The molecule has 0 aliphatic carbocycles. The van der Waals surface area contributed by atoms with Gasteiger partial charge in [-0.05, 0) is 35.7 Å². The summed E-state index contributed by atoms with van der Waals surface area (Å²) in [5.74, 6) is -0.0956. The fraction of sp³-hybridized carbons (Fsp3) is 0.240. The molecule has 0 spiro atoms. The number of amides is 1. The lowest BCUT2D eigenvalue weighted by molar-refractivity contribution is -0.132. The first kappa shape index (κ1) is 19.5. The zero-order chi connectivity index (χ0) is 20.2. The molecule has 0 aromatic heterocycles. The molecule has 0 atom stereocenters. The third-order valence-electron chi connectivity index (χ3n) is 5.62. The molecule has 1 aliphatic rings. The Bertz CT molecular complexity index is 927. The number of rotatable bonds is 4. The zero-order valence-corrected chi connectivity index (χ0v) is 17.3. The van der Waals surface area contributed by atoms with E-state index in [1.165, 1.54) is 5.56 Å². The predicted molar refractivity (Wildman–Crippen MR) is 120 cm³/mol. The van der Waals surface area contributed by atoms with Crippen LogP contribution in [0.4, 0.5) is 5.69 Å². The first-order valence-corrected chi connectivity index (χ1v) is 10.4. The van der Waals surface area contributed by atoms with Gasteiger partial charge in [-0.3, -0.25) is 4.79 Å². The van der Waals surface area contributed by atoms with Crippen molar-refractivity contribution in [3.63, 3.8) is 0 Å². The molecule has 148 valence electrons. The van der Waals surface area contributed by atoms with Crippen LogP contribution in [0.3, 0.4) is 0 Å². The summed E-state index contributed by atoms with van der Waals surface area (Å²) in [6.07, 6.45) is 0. The van der Waals surface area contributed by atoms with Gasteiger partial charge in [0.2, 0.25) is 5.91 Å². The van der Waals surface area contributed by atoms with E-state index in [1.54, 1.807) is 0 Å². The smallest absolute Gasteiger partial charge is 0.234 e. The molecular formula is C25H25ClN2O. The monoisotopic (exact) mass is 404 g/mol. The van der Waals surface area contributed by atoms with Gasteiger partial charge in [-0.15, -0.1) is 0 Å². The maximum atomic E-state index is 13.5. The van der Waals surface area contributed by atoms with Crippen molar-refractivity contribution in [2.75, 3.05) is 31.1 Å². The van der Waals surface area contributed by atoms with Crippen LogP contribution in [0, 0.1) is 6.92 Å². The largest absolute Gasteiger partial charge is 0.368 e. The van der Waals surface area contributed by atoms with Gasteiger partial charge in [0.25, 0.3) is 0 Å². The number of anilines is 1. The molecule has 0 bridgehead atoms. The molecular weight excluding hydrogens is 380 g/mol. The molecule has 1 amide bonds. The van der Waals surface area contributed by atoms with Gasteiger partial charge in [0.1, 0.15) is 0 Å². The van der Waals surface area contributed by atoms with Gasteiger partial charge < -0.3 is 9.80 Å². The normalized spacial score (nSPS) is 14.3. The third-order valence-corrected chi connectivity index (χ3v) is 5.85. The van der Waals surface area contributed by atoms with E-state index in [4.69, 9.17) is 11.6 Å². The summed E-state index contributed by atoms with van der Waals surface area (Å²) in [6.45, 7) is 5.14. The molecule has 0 radical (unpaired) electrons. The van der Waals surface area contributed by atoms with E-state index in [1.807, 2.05) is 77.7 Å². The highest BCUT2D eigenvalue weighted by Gasteiger charge is 2.30. The lowest BCUT2D eigenvalue weighted by Gasteiger charge is -2.38. The Kier molecular flexibility index (Phi) is 5.86. The SMILES string of the molecule is Cc1ccc(Cl)cc1N1CCN(C(=O)C(c2ccccc2)c2ccccc2)CC1. The molecule has 4 rings (SSSR count). The third kappa shape index (κ3) is 4.30. The average molecular weight is 405 g/mol. The van der Waals surface area contributed by atoms with Crippen LogP contribution in [0.1, 0.15) is 22.6 Å². The number of benzene rings is 3. The van der Waals surface area contributed by atoms with Gasteiger partial charge in [0.05, 0.1) is 5.92 Å². The number of halogens is 1. The molecule has 1 saturated heterocycles. The van der Waals surface area contributed by atoms with Crippen LogP contribution in [-0.2, 0) is 4.79 Å². The second kappa shape index (κ2) is 8.71. The number of nitrogens with zero attached hydrogens (tertiary/aromatic N) is 2. The fourth-order valence-corrected chi connectivity index (χ4v) is 4.21. The quantitative estimate of drug-likeness (QED) is 0.601. The number of hydrogen-bond acceptors (Lipinski definition) is 2. The van der Waals surface area contributed by atoms with E-state index in [9.17, 15) is 4.79 Å². The number of hydrogen-bond donors (Lipinski definition) is 0. The maximum absolute atomic E-state index is 13.5. The van der Waals surface area contributed by atoms with Crippen LogP contribution in [0.2, 0.25) is 5.02 Å². The summed E-state index contributed by atoms with van der Waals surface area (Å²) in [5, 5.41) is 0.748. The molecule has 1 aliphatic heterocycles. The van der Waals surface area contributed by atoms with Gasteiger partial charge in [-0.25, -0.2) is 0 Å². The summed E-state index contributed by atoms with van der Waals surface area (Å²) in [6, 6.07) is 26.1. The van der Waals surface area contributed by atoms with Crippen molar-refractivity contribution in [1.29, 1.82) is 0 Å². The van der Waals surface area contributed by atoms with Gasteiger partial charge in [-0.2, -0.15) is 0 Å². The Morgan fingerprint density at radius 1 is 0.828 bits per heavy atom. The van der Waals surface area contributed by atoms with E-state index in [0.29, 0.717) is 13.1 Å². The van der Waals surface area contributed by atoms with Crippen molar-refractivity contribution in [2.45, 2.75) is 12.8 Å². The van der Waals surface area contributed by atoms with Gasteiger partial charge in [0.15, 0.2) is 0 Å². The van der Waals surface area contributed by atoms with E-state index in [-0.39, 0.29) is 11.8 Å². The second-order valence-corrected chi connectivity index (χ2v) is 7.93. The van der Waals surface area contributed by atoms with Gasteiger partial charge in [0, 0.05) is 36.9 Å². The molecule has 4 heteroatoms. The Balaban J connectivity index is 1.53. The molecule has 1 heterocycles. The first-order valence-electron chi connectivity index (χ1n) is 10.0. The molecule has 3 aromatic carbocycles. The minimum absolute atomic E-state index is 0.171. The van der Waals surface area contributed by atoms with Crippen LogP contribution in [0.25, 0.3) is 0 Å². The standard InChI is InChI=1S/C25H25ClN2O/c1-19-12-13-22(26)18-23(19)27-14-16-28(17-15-27)25(29)24(20-8-4-2-5-9-20)21-10-6-3-7-11-21/h2-13,18,24H,14-17H2,1H3. The predicted octanol–water partition coefficient (Wildman–Crippen LogP) is 5.13. The highest BCUT2D eigenvalue weighted by Crippen LogP contribution is 2.29. The summed E-state index contributed by atoms with van der Waals surface area (Å²) >= 11 is 6.20. The zero-order valence-electron chi connectivity index (χ0n) is 16.6. The van der Waals surface area contributed by atoms with Crippen molar-refractivity contribution in [2.24, 2.45) is 0 Å². The Hall–Kier alpha value is -2.78. The van der Waals surface area contributed by atoms with Crippen LogP contribution in [0.15, 0.2) is 78.9 Å². The minimum Gasteiger partial charge on any atom is -0.368 e. The highest BCUT2D eigenvalue weighted by molar-refractivity contribution is 6.30. The van der Waals surface area contributed by atoms with Crippen LogP contribution in [0.5, 0.6) is 0 Å². The van der Waals surface area contributed by atoms with Crippen molar-refractivity contribution >= 4 is 23.2 Å². The molecule has 3 aromatic rings. The number of piperazine rings is 1. The summed E-state index contributed by atoms with van der Waals surface area (Å²) in [5.41, 5.74) is 4.45. The van der Waals surface area contributed by atoms with Crippen LogP contribution >= 0.6 is 11.6 Å². The van der Waals surface area contributed by atoms with Crippen molar-refractivity contribution in [1.82, 2.24) is 4.90 Å². The molecule has 0 unspecified atom stereocenters. The molecule has 0 saturated carbocycles. The average Bonchev–Trinajstić information content (AvgIpc) is 2.77. The molecule has 0 N–H and O–H groups in total. The van der Waals surface area contributed by atoms with E-state index >= 15 is 0 Å². The topological polar surface area (TPSA) is 23.6 Å². The van der Waals surface area contributed by atoms with E-state index in [2.05, 4.69) is 17.9 Å². The minimum atomic E-state index is -0.267. The van der Waals surface area contributed by atoms with E-state index < -0.39 is 0 Å². The fourth-order valence-electron chi connectivity index (χ4n) is 4.04. The van der Waals surface area contributed by atoms with Gasteiger partial charge in [-0.1, -0.05) is 78.3 Å². The summed E-state index contributed by atoms with van der Waals surface area (Å²) < 4.78 is 0. The Morgan fingerprint density at radius 3 is 1.93 bits per heavy atom. The van der Waals surface area contributed by atoms with Crippen molar-refractivity contribution in [3.8, 4) is 0 Å². The highest BCUT2D eigenvalue weighted by atomic mass is 35.5. The van der Waals surface area contributed by atoms with Gasteiger partial charge >= 0.3 is 0 Å². The molecule has 29 heavy (non-hydrogen) atoms. The Morgan fingerprint density at radius 2 is 1.38 bits per heavy atom.